The standard InChI is InChI=1S/C20H28N2O3S/c1-6-9-26(23,24)25-20(22-14-18(4)11-19(5)15-22)7-8-21-12-16(2)10-17(3)13-21/h6,10-15,20H,1,7-9H2,2-5H3/q+2. The molecular formula is C20H28N2O3S+2. The maximum Gasteiger partial charge on any atom is 0.283 e. The Balaban J connectivity index is 2.28. The Kier molecular flexibility index (Phi) is 6.67. The van der Waals surface area contributed by atoms with Gasteiger partial charge in [-0.2, -0.15) is 13.0 Å². The molecule has 2 aromatic heterocycles. The van der Waals surface area contributed by atoms with Crippen molar-refractivity contribution < 1.29 is 21.7 Å². The van der Waals surface area contributed by atoms with E-state index in [1.165, 1.54) is 17.2 Å². The van der Waals surface area contributed by atoms with Crippen molar-refractivity contribution in [3.05, 3.63) is 71.8 Å². The quantitative estimate of drug-likeness (QED) is 0.404. The molecular weight excluding hydrogens is 348 g/mol. The highest BCUT2D eigenvalue weighted by Gasteiger charge is 2.28. The van der Waals surface area contributed by atoms with Crippen molar-refractivity contribution in [1.29, 1.82) is 0 Å². The average molecular weight is 377 g/mol. The lowest BCUT2D eigenvalue weighted by Crippen LogP contribution is -2.45. The highest BCUT2D eigenvalue weighted by molar-refractivity contribution is 7.86. The molecule has 2 aromatic rings. The zero-order valence-electron chi connectivity index (χ0n) is 16.0. The van der Waals surface area contributed by atoms with Gasteiger partial charge in [0.1, 0.15) is 0 Å². The summed E-state index contributed by atoms with van der Waals surface area (Å²) >= 11 is 0. The molecule has 2 rings (SSSR count). The highest BCUT2D eigenvalue weighted by Crippen LogP contribution is 2.13. The third kappa shape index (κ3) is 6.04. The lowest BCUT2D eigenvalue weighted by molar-refractivity contribution is -0.769. The van der Waals surface area contributed by atoms with Gasteiger partial charge in [-0.3, -0.25) is 0 Å². The molecule has 0 aliphatic carbocycles. The maximum absolute atomic E-state index is 12.2. The first kappa shape index (κ1) is 20.3. The Morgan fingerprint density at radius 3 is 2.00 bits per heavy atom. The first-order chi connectivity index (χ1) is 12.2. The summed E-state index contributed by atoms with van der Waals surface area (Å²) < 4.78 is 33.8. The Morgan fingerprint density at radius 2 is 1.50 bits per heavy atom. The van der Waals surface area contributed by atoms with Crippen LogP contribution in [-0.2, 0) is 20.8 Å². The van der Waals surface area contributed by atoms with Crippen LogP contribution in [-0.4, -0.2) is 14.2 Å². The van der Waals surface area contributed by atoms with Gasteiger partial charge in [-0.1, -0.05) is 6.08 Å². The third-order valence-corrected chi connectivity index (χ3v) is 5.06. The number of aromatic nitrogens is 2. The summed E-state index contributed by atoms with van der Waals surface area (Å²) in [4.78, 5) is 0. The van der Waals surface area contributed by atoms with Gasteiger partial charge < -0.3 is 0 Å². The predicted molar refractivity (Wildman–Crippen MR) is 101 cm³/mol. The second-order valence-electron chi connectivity index (χ2n) is 6.82. The fourth-order valence-corrected chi connectivity index (χ4v) is 3.99. The van der Waals surface area contributed by atoms with E-state index in [-0.39, 0.29) is 5.75 Å². The summed E-state index contributed by atoms with van der Waals surface area (Å²) in [6, 6.07) is 4.15. The van der Waals surface area contributed by atoms with Crippen LogP contribution < -0.4 is 9.13 Å². The van der Waals surface area contributed by atoms with Gasteiger partial charge in [-0.25, -0.2) is 8.75 Å². The van der Waals surface area contributed by atoms with E-state index in [1.807, 2.05) is 50.7 Å². The van der Waals surface area contributed by atoms with Crippen molar-refractivity contribution >= 4 is 10.1 Å². The van der Waals surface area contributed by atoms with E-state index >= 15 is 0 Å². The van der Waals surface area contributed by atoms with E-state index in [1.54, 1.807) is 0 Å². The van der Waals surface area contributed by atoms with Crippen LogP contribution in [0.25, 0.3) is 0 Å². The number of hydrogen-bond acceptors (Lipinski definition) is 3. The topological polar surface area (TPSA) is 51.1 Å². The lowest BCUT2D eigenvalue weighted by atomic mass is 10.2. The van der Waals surface area contributed by atoms with Crippen molar-refractivity contribution in [2.24, 2.45) is 0 Å². The van der Waals surface area contributed by atoms with Crippen LogP contribution in [0.1, 0.15) is 34.9 Å². The summed E-state index contributed by atoms with van der Waals surface area (Å²) in [6.07, 6.45) is 9.19. The third-order valence-electron chi connectivity index (χ3n) is 3.90. The summed E-state index contributed by atoms with van der Waals surface area (Å²) in [5.41, 5.74) is 4.44. The van der Waals surface area contributed by atoms with Crippen molar-refractivity contribution in [3.8, 4) is 0 Å². The molecule has 0 saturated heterocycles. The van der Waals surface area contributed by atoms with Crippen LogP contribution >= 0.6 is 0 Å². The van der Waals surface area contributed by atoms with Crippen LogP contribution in [0, 0.1) is 27.7 Å². The van der Waals surface area contributed by atoms with Crippen molar-refractivity contribution in [2.45, 2.75) is 46.9 Å². The van der Waals surface area contributed by atoms with E-state index in [0.717, 1.165) is 11.1 Å². The van der Waals surface area contributed by atoms with Gasteiger partial charge in [-0.15, -0.1) is 6.58 Å². The highest BCUT2D eigenvalue weighted by atomic mass is 32.2. The van der Waals surface area contributed by atoms with Crippen LogP contribution in [0.15, 0.2) is 49.6 Å². The number of pyridine rings is 2. The fourth-order valence-electron chi connectivity index (χ4n) is 3.09. The molecule has 6 heteroatoms. The Bertz CT molecular complexity index is 851. The molecule has 0 fully saturated rings. The van der Waals surface area contributed by atoms with E-state index in [9.17, 15) is 8.42 Å². The minimum absolute atomic E-state index is 0.203. The molecule has 1 unspecified atom stereocenters. The molecule has 0 aliphatic rings. The van der Waals surface area contributed by atoms with Crippen LogP contribution in [0.2, 0.25) is 0 Å². The molecule has 26 heavy (non-hydrogen) atoms. The van der Waals surface area contributed by atoms with Gasteiger partial charge in [-0.05, 0) is 39.8 Å². The summed E-state index contributed by atoms with van der Waals surface area (Å²) in [7, 11) is -3.67. The molecule has 5 nitrogen and oxygen atoms in total. The predicted octanol–water partition coefficient (Wildman–Crippen LogP) is 2.62. The van der Waals surface area contributed by atoms with Gasteiger partial charge in [0.15, 0.2) is 31.3 Å². The summed E-state index contributed by atoms with van der Waals surface area (Å²) in [6.45, 7) is 12.2. The van der Waals surface area contributed by atoms with Crippen molar-refractivity contribution in [2.75, 3.05) is 5.75 Å². The van der Waals surface area contributed by atoms with Gasteiger partial charge in [0.05, 0.1) is 12.2 Å². The first-order valence-corrected chi connectivity index (χ1v) is 10.2. The SMILES string of the molecule is C=CCS(=O)(=O)OC(CC[n+]1cc(C)cc(C)c1)[n+]1cc(C)cc(C)c1. The van der Waals surface area contributed by atoms with Crippen molar-refractivity contribution in [1.82, 2.24) is 0 Å². The van der Waals surface area contributed by atoms with Crippen LogP contribution in [0.4, 0.5) is 0 Å². The first-order valence-electron chi connectivity index (χ1n) is 8.67. The largest absolute Gasteiger partial charge is 0.283 e. The van der Waals surface area contributed by atoms with Crippen LogP contribution in [0.5, 0.6) is 0 Å². The molecule has 0 saturated carbocycles. The molecule has 0 aromatic carbocycles. The number of nitrogens with zero attached hydrogens (tertiary/aromatic N) is 2. The normalized spacial score (nSPS) is 12.8. The Hall–Kier alpha value is -2.05. The summed E-state index contributed by atoms with van der Waals surface area (Å²) in [5, 5.41) is 0. The molecule has 2 heterocycles. The number of rotatable bonds is 8. The van der Waals surface area contributed by atoms with E-state index in [0.29, 0.717) is 13.0 Å². The fraction of sp³-hybridized carbons (Fsp3) is 0.400. The van der Waals surface area contributed by atoms with Crippen molar-refractivity contribution in [3.63, 3.8) is 0 Å². The molecule has 140 valence electrons. The molecule has 1 atom stereocenters. The van der Waals surface area contributed by atoms with Gasteiger partial charge in [0, 0.05) is 22.3 Å². The van der Waals surface area contributed by atoms with Gasteiger partial charge >= 0.3 is 0 Å². The van der Waals surface area contributed by atoms with E-state index in [4.69, 9.17) is 4.18 Å². The number of aryl methyl sites for hydroxylation is 5. The van der Waals surface area contributed by atoms with E-state index in [2.05, 4.69) is 29.6 Å². The second kappa shape index (κ2) is 8.56. The van der Waals surface area contributed by atoms with Crippen LogP contribution in [0.3, 0.4) is 0 Å². The molecule has 0 bridgehead atoms. The number of hydrogen-bond donors (Lipinski definition) is 0. The zero-order valence-corrected chi connectivity index (χ0v) is 16.8. The lowest BCUT2D eigenvalue weighted by Gasteiger charge is -2.13. The monoisotopic (exact) mass is 376 g/mol. The van der Waals surface area contributed by atoms with Gasteiger partial charge in [0.25, 0.3) is 16.3 Å². The molecule has 0 amide bonds. The summed E-state index contributed by atoms with van der Waals surface area (Å²) in [5.74, 6) is -0.203. The minimum atomic E-state index is -3.67. The maximum atomic E-state index is 12.2. The minimum Gasteiger partial charge on any atom is -0.204 e. The van der Waals surface area contributed by atoms with Gasteiger partial charge in [0.2, 0.25) is 0 Å². The Morgan fingerprint density at radius 1 is 1.00 bits per heavy atom. The van der Waals surface area contributed by atoms with E-state index < -0.39 is 16.3 Å². The Labute approximate surface area is 156 Å². The zero-order chi connectivity index (χ0) is 19.3. The average Bonchev–Trinajstić information content (AvgIpc) is 2.49. The molecule has 0 spiro atoms. The molecule has 0 aliphatic heterocycles. The molecule has 0 N–H and O–H groups in total. The smallest absolute Gasteiger partial charge is 0.204 e. The molecule has 0 radical (unpaired) electrons. The second-order valence-corrected chi connectivity index (χ2v) is 8.46.